The van der Waals surface area contributed by atoms with Crippen LogP contribution in [-0.2, 0) is 6.42 Å². The van der Waals surface area contributed by atoms with E-state index in [9.17, 15) is 4.79 Å². The average molecular weight is 197 g/mol. The Bertz CT molecular complexity index is 287. The number of nitrogens with one attached hydrogen (secondary N) is 1. The van der Waals surface area contributed by atoms with Crippen LogP contribution >= 0.6 is 0 Å². The van der Waals surface area contributed by atoms with Gasteiger partial charge in [0.15, 0.2) is 0 Å². The number of aromatic nitrogens is 1. The topological polar surface area (TPSA) is 46.0 Å². The molecule has 0 amide bonds. The van der Waals surface area contributed by atoms with Crippen molar-refractivity contribution in [2.45, 2.75) is 51.9 Å². The number of unbranched alkanes of at least 4 members (excludes halogenated alkanes) is 5. The van der Waals surface area contributed by atoms with Crippen LogP contribution in [0.5, 0.6) is 0 Å². The van der Waals surface area contributed by atoms with Gasteiger partial charge in [0.25, 0.3) is 0 Å². The summed E-state index contributed by atoms with van der Waals surface area (Å²) in [6, 6.07) is 0. The minimum atomic E-state index is -0.342. The second kappa shape index (κ2) is 6.46. The van der Waals surface area contributed by atoms with Crippen LogP contribution in [0.1, 0.15) is 51.1 Å². The number of aromatic amines is 1. The number of aryl methyl sites for hydroxylation is 1. The summed E-state index contributed by atoms with van der Waals surface area (Å²) in [6.45, 7) is 2.22. The fourth-order valence-corrected chi connectivity index (χ4v) is 1.53. The van der Waals surface area contributed by atoms with E-state index in [0.29, 0.717) is 0 Å². The molecule has 0 spiro atoms. The molecule has 1 rings (SSSR count). The molecule has 0 saturated heterocycles. The second-order valence-electron chi connectivity index (χ2n) is 3.69. The zero-order valence-corrected chi connectivity index (χ0v) is 8.84. The Morgan fingerprint density at radius 2 is 1.93 bits per heavy atom. The molecule has 0 atom stereocenters. The Kier molecular flexibility index (Phi) is 5.12. The quantitative estimate of drug-likeness (QED) is 0.683. The molecular formula is C11H19NO2. The molecule has 0 aromatic carbocycles. The lowest BCUT2D eigenvalue weighted by atomic mass is 10.1. The van der Waals surface area contributed by atoms with E-state index in [0.717, 1.165) is 18.5 Å². The maximum Gasteiger partial charge on any atom is 0.416 e. The van der Waals surface area contributed by atoms with Crippen molar-refractivity contribution in [1.82, 2.24) is 4.98 Å². The zero-order chi connectivity index (χ0) is 10.2. The van der Waals surface area contributed by atoms with E-state index in [1.807, 2.05) is 0 Å². The summed E-state index contributed by atoms with van der Waals surface area (Å²) in [5.74, 6) is -0.342. The molecule has 3 heteroatoms. The van der Waals surface area contributed by atoms with E-state index in [4.69, 9.17) is 0 Å². The van der Waals surface area contributed by atoms with Gasteiger partial charge in [-0.3, -0.25) is 4.98 Å². The first-order valence-electron chi connectivity index (χ1n) is 5.49. The first-order chi connectivity index (χ1) is 6.83. The summed E-state index contributed by atoms with van der Waals surface area (Å²) >= 11 is 0. The lowest BCUT2D eigenvalue weighted by molar-refractivity contribution is 0.514. The number of H-pyrrole nitrogens is 1. The van der Waals surface area contributed by atoms with Gasteiger partial charge in [0, 0.05) is 0 Å². The Morgan fingerprint density at radius 1 is 1.21 bits per heavy atom. The highest BCUT2D eigenvalue weighted by atomic mass is 16.4. The molecule has 0 aliphatic rings. The van der Waals surface area contributed by atoms with Crippen LogP contribution in [0.2, 0.25) is 0 Å². The maximum absolute atomic E-state index is 10.6. The van der Waals surface area contributed by atoms with E-state index in [-0.39, 0.29) is 5.76 Å². The first-order valence-corrected chi connectivity index (χ1v) is 5.49. The molecule has 0 saturated carbocycles. The molecule has 1 aromatic heterocycles. The maximum atomic E-state index is 10.6. The zero-order valence-electron chi connectivity index (χ0n) is 8.84. The van der Waals surface area contributed by atoms with Crippen LogP contribution in [0.25, 0.3) is 0 Å². The standard InChI is InChI=1S/C11H19NO2/c1-2-3-4-5-6-7-8-10-9-14-11(13)12-10/h9H,2-8H2,1H3,(H,12,13). The second-order valence-corrected chi connectivity index (χ2v) is 3.69. The van der Waals surface area contributed by atoms with Crippen LogP contribution in [0.15, 0.2) is 15.5 Å². The molecule has 1 heterocycles. The van der Waals surface area contributed by atoms with Gasteiger partial charge in [-0.05, 0) is 12.8 Å². The smallest absolute Gasteiger partial charge is 0.416 e. The van der Waals surface area contributed by atoms with Gasteiger partial charge in [-0.15, -0.1) is 0 Å². The van der Waals surface area contributed by atoms with E-state index >= 15 is 0 Å². The average Bonchev–Trinajstić information content (AvgIpc) is 2.58. The van der Waals surface area contributed by atoms with Crippen LogP contribution in [0, 0.1) is 0 Å². The summed E-state index contributed by atoms with van der Waals surface area (Å²) in [7, 11) is 0. The third-order valence-electron chi connectivity index (χ3n) is 2.37. The molecular weight excluding hydrogens is 178 g/mol. The Labute approximate surface area is 84.5 Å². The lowest BCUT2D eigenvalue weighted by Crippen LogP contribution is -1.97. The number of hydrogen-bond acceptors (Lipinski definition) is 2. The molecule has 1 N–H and O–H groups in total. The number of oxazole rings is 1. The van der Waals surface area contributed by atoms with Gasteiger partial charge in [-0.1, -0.05) is 39.0 Å². The summed E-state index contributed by atoms with van der Waals surface area (Å²) < 4.78 is 4.65. The van der Waals surface area contributed by atoms with Crippen molar-refractivity contribution < 1.29 is 4.42 Å². The van der Waals surface area contributed by atoms with Gasteiger partial charge in [0.05, 0.1) is 5.69 Å². The Hall–Kier alpha value is -0.990. The first kappa shape index (κ1) is 11.1. The third-order valence-corrected chi connectivity index (χ3v) is 2.37. The van der Waals surface area contributed by atoms with E-state index in [1.165, 1.54) is 38.4 Å². The van der Waals surface area contributed by atoms with Crippen molar-refractivity contribution in [3.05, 3.63) is 22.5 Å². The summed E-state index contributed by atoms with van der Waals surface area (Å²) in [4.78, 5) is 13.3. The van der Waals surface area contributed by atoms with Gasteiger partial charge in [0.1, 0.15) is 6.26 Å². The predicted octanol–water partition coefficient (Wildman–Crippen LogP) is 2.87. The monoisotopic (exact) mass is 197 g/mol. The SMILES string of the molecule is CCCCCCCCc1coc(=O)[nH]1. The third kappa shape index (κ3) is 4.30. The molecule has 0 fully saturated rings. The van der Waals surface area contributed by atoms with Crippen LogP contribution < -0.4 is 5.76 Å². The highest BCUT2D eigenvalue weighted by Crippen LogP contribution is 2.07. The lowest BCUT2D eigenvalue weighted by Gasteiger charge is -1.98. The molecule has 0 aliphatic carbocycles. The molecule has 3 nitrogen and oxygen atoms in total. The largest absolute Gasteiger partial charge is 0.416 e. The van der Waals surface area contributed by atoms with Crippen molar-refractivity contribution in [2.75, 3.05) is 0 Å². The fraction of sp³-hybridized carbons (Fsp3) is 0.727. The summed E-state index contributed by atoms with van der Waals surface area (Å²) in [6.07, 6.45) is 10.1. The van der Waals surface area contributed by atoms with Crippen molar-refractivity contribution >= 4 is 0 Å². The molecule has 80 valence electrons. The predicted molar refractivity (Wildman–Crippen MR) is 56.4 cm³/mol. The Balaban J connectivity index is 2.02. The molecule has 0 radical (unpaired) electrons. The normalized spacial score (nSPS) is 10.6. The molecule has 0 unspecified atom stereocenters. The van der Waals surface area contributed by atoms with E-state index in [2.05, 4.69) is 16.3 Å². The minimum absolute atomic E-state index is 0.342. The van der Waals surface area contributed by atoms with Gasteiger partial charge < -0.3 is 4.42 Å². The van der Waals surface area contributed by atoms with Gasteiger partial charge in [0.2, 0.25) is 0 Å². The molecule has 0 aliphatic heterocycles. The van der Waals surface area contributed by atoms with Crippen molar-refractivity contribution in [1.29, 1.82) is 0 Å². The highest BCUT2D eigenvalue weighted by molar-refractivity contribution is 4.90. The van der Waals surface area contributed by atoms with Crippen LogP contribution in [-0.4, -0.2) is 4.98 Å². The van der Waals surface area contributed by atoms with Crippen molar-refractivity contribution in [3.63, 3.8) is 0 Å². The molecule has 0 bridgehead atoms. The summed E-state index contributed by atoms with van der Waals surface area (Å²) in [5, 5.41) is 0. The number of hydrogen-bond donors (Lipinski definition) is 1. The van der Waals surface area contributed by atoms with Gasteiger partial charge in [-0.25, -0.2) is 4.79 Å². The minimum Gasteiger partial charge on any atom is -0.416 e. The van der Waals surface area contributed by atoms with Crippen LogP contribution in [0.4, 0.5) is 0 Å². The number of rotatable bonds is 7. The molecule has 1 aromatic rings. The van der Waals surface area contributed by atoms with Crippen LogP contribution in [0.3, 0.4) is 0 Å². The summed E-state index contributed by atoms with van der Waals surface area (Å²) in [5.41, 5.74) is 0.922. The van der Waals surface area contributed by atoms with Gasteiger partial charge >= 0.3 is 5.76 Å². The van der Waals surface area contributed by atoms with Crippen molar-refractivity contribution in [2.24, 2.45) is 0 Å². The van der Waals surface area contributed by atoms with Crippen molar-refractivity contribution in [3.8, 4) is 0 Å². The van der Waals surface area contributed by atoms with E-state index < -0.39 is 0 Å². The molecule has 14 heavy (non-hydrogen) atoms. The van der Waals surface area contributed by atoms with E-state index in [1.54, 1.807) is 0 Å². The Morgan fingerprint density at radius 3 is 2.57 bits per heavy atom. The fourth-order valence-electron chi connectivity index (χ4n) is 1.53. The highest BCUT2D eigenvalue weighted by Gasteiger charge is 1.97. The van der Waals surface area contributed by atoms with Gasteiger partial charge in [-0.2, -0.15) is 0 Å².